The topological polar surface area (TPSA) is 49.3 Å². The molecule has 0 aliphatic rings. The number of carboxylic acids is 1. The molecule has 0 amide bonds. The number of carboxylic acid groups (broad SMARTS) is 1. The van der Waals surface area contributed by atoms with Crippen molar-refractivity contribution in [2.24, 2.45) is 0 Å². The maximum Gasteiger partial charge on any atom is 0.330 e. The second-order valence-electron chi connectivity index (χ2n) is 3.72. The lowest BCUT2D eigenvalue weighted by molar-refractivity contribution is -0.132. The number of alkyl halides is 1. The summed E-state index contributed by atoms with van der Waals surface area (Å²) in [6.45, 7) is 3.50. The molecule has 3 nitrogen and oxygen atoms in total. The van der Waals surface area contributed by atoms with E-state index in [2.05, 4.69) is 5.32 Å². The minimum absolute atomic E-state index is 0.424. The maximum atomic E-state index is 10.0. The lowest BCUT2D eigenvalue weighted by Crippen LogP contribution is -1.94. The van der Waals surface area contributed by atoms with Gasteiger partial charge < -0.3 is 10.4 Å². The Morgan fingerprint density at radius 1 is 1.32 bits per heavy atom. The number of halogens is 1. The Bertz CT molecular complexity index is 350. The molecule has 0 aliphatic heterocycles. The zero-order chi connectivity index (χ0) is 15.1. The van der Waals surface area contributed by atoms with Gasteiger partial charge in [-0.25, -0.2) is 4.79 Å². The fourth-order valence-corrected chi connectivity index (χ4v) is 1.14. The number of benzene rings is 1. The fraction of sp³-hybridized carbons (Fsp3) is 0.400. The number of rotatable bonds is 3. The van der Waals surface area contributed by atoms with Crippen molar-refractivity contribution in [2.75, 3.05) is 14.1 Å². The van der Waals surface area contributed by atoms with E-state index in [1.54, 1.807) is 13.0 Å². The normalized spacial score (nSPS) is 9.63. The summed E-state index contributed by atoms with van der Waals surface area (Å²) in [6, 6.07) is 9.96. The van der Waals surface area contributed by atoms with Crippen molar-refractivity contribution in [3.8, 4) is 0 Å². The van der Waals surface area contributed by atoms with E-state index in [9.17, 15) is 4.79 Å². The molecule has 19 heavy (non-hydrogen) atoms. The molecule has 0 radical (unpaired) electrons. The van der Waals surface area contributed by atoms with Crippen LogP contribution in [0.4, 0.5) is 0 Å². The molecule has 0 spiro atoms. The van der Waals surface area contributed by atoms with Gasteiger partial charge in [-0.3, -0.25) is 0 Å². The quantitative estimate of drug-likeness (QED) is 0.658. The van der Waals surface area contributed by atoms with E-state index < -0.39 is 5.97 Å². The molecule has 1 aromatic carbocycles. The lowest BCUT2D eigenvalue weighted by Gasteiger charge is -1.88. The van der Waals surface area contributed by atoms with Gasteiger partial charge in [0.25, 0.3) is 0 Å². The largest absolute Gasteiger partial charge is 0.478 e. The Hall–Kier alpha value is -1.32. The van der Waals surface area contributed by atoms with E-state index in [1.807, 2.05) is 51.4 Å². The van der Waals surface area contributed by atoms with Crippen LogP contribution in [0, 0.1) is 0 Å². The fourth-order valence-electron chi connectivity index (χ4n) is 0.961. The molecule has 0 unspecified atom stereocenters. The average molecular weight is 286 g/mol. The minimum Gasteiger partial charge on any atom is -0.478 e. The average Bonchev–Trinajstić information content (AvgIpc) is 2.41. The molecular weight excluding hydrogens is 262 g/mol. The van der Waals surface area contributed by atoms with Crippen molar-refractivity contribution in [1.29, 1.82) is 0 Å². The van der Waals surface area contributed by atoms with E-state index in [1.165, 1.54) is 5.56 Å². The third-order valence-corrected chi connectivity index (χ3v) is 2.15. The molecule has 0 atom stereocenters. The first-order chi connectivity index (χ1) is 9.03. The van der Waals surface area contributed by atoms with Gasteiger partial charge >= 0.3 is 5.97 Å². The summed E-state index contributed by atoms with van der Waals surface area (Å²) < 4.78 is 0. The van der Waals surface area contributed by atoms with Crippen LogP contribution in [0.15, 0.2) is 42.0 Å². The minimum atomic E-state index is -0.827. The first-order valence-electron chi connectivity index (χ1n) is 6.11. The zero-order valence-electron chi connectivity index (χ0n) is 12.1. The highest BCUT2D eigenvalue weighted by molar-refractivity contribution is 6.17. The van der Waals surface area contributed by atoms with Crippen molar-refractivity contribution in [3.05, 3.63) is 47.5 Å². The van der Waals surface area contributed by atoms with Gasteiger partial charge in [-0.05, 0) is 33.0 Å². The Kier molecular flexibility index (Phi) is 15.5. The Balaban J connectivity index is 0. The van der Waals surface area contributed by atoms with E-state index >= 15 is 0 Å². The number of carbonyl (C=O) groups is 1. The molecule has 0 saturated carbocycles. The monoisotopic (exact) mass is 285 g/mol. The van der Waals surface area contributed by atoms with Crippen LogP contribution in [0.25, 0.3) is 0 Å². The summed E-state index contributed by atoms with van der Waals surface area (Å²) in [5.74, 6) is -0.215. The molecule has 0 aliphatic carbocycles. The SMILES string of the molecule is CCC=C(C)C(=O)O.CNC.ClCc1ccccc1. The third-order valence-electron chi connectivity index (χ3n) is 1.84. The van der Waals surface area contributed by atoms with E-state index in [-0.39, 0.29) is 0 Å². The van der Waals surface area contributed by atoms with Gasteiger partial charge in [0.05, 0.1) is 0 Å². The van der Waals surface area contributed by atoms with Gasteiger partial charge in [0.2, 0.25) is 0 Å². The first kappa shape index (κ1) is 20.0. The summed E-state index contributed by atoms with van der Waals surface area (Å²) in [4.78, 5) is 10.0. The lowest BCUT2D eigenvalue weighted by atomic mass is 10.2. The summed E-state index contributed by atoms with van der Waals surface area (Å²) in [6.07, 6.45) is 2.47. The van der Waals surface area contributed by atoms with Crippen molar-refractivity contribution in [2.45, 2.75) is 26.1 Å². The molecule has 2 N–H and O–H groups in total. The van der Waals surface area contributed by atoms with Crippen LogP contribution < -0.4 is 5.32 Å². The standard InChI is InChI=1S/C7H7Cl.C6H10O2.C2H7N/c8-6-7-4-2-1-3-5-7;1-3-4-5(2)6(7)8;1-3-2/h1-5H,6H2;4H,3H2,1-2H3,(H,7,8);3H,1-2H3. The number of nitrogens with one attached hydrogen (secondary N) is 1. The molecule has 0 bridgehead atoms. The smallest absolute Gasteiger partial charge is 0.330 e. The highest BCUT2D eigenvalue weighted by atomic mass is 35.5. The van der Waals surface area contributed by atoms with Crippen LogP contribution >= 0.6 is 11.6 Å². The number of aliphatic carboxylic acids is 1. The van der Waals surface area contributed by atoms with E-state index in [0.717, 1.165) is 6.42 Å². The molecule has 0 aromatic heterocycles. The van der Waals surface area contributed by atoms with Gasteiger partial charge in [0.15, 0.2) is 0 Å². The number of allylic oxidation sites excluding steroid dienone is 1. The molecule has 1 rings (SSSR count). The van der Waals surface area contributed by atoms with Crippen LogP contribution in [0.3, 0.4) is 0 Å². The van der Waals surface area contributed by atoms with Gasteiger partial charge in [0, 0.05) is 11.5 Å². The van der Waals surface area contributed by atoms with Crippen LogP contribution in [0.2, 0.25) is 0 Å². The molecule has 0 heterocycles. The highest BCUT2D eigenvalue weighted by Crippen LogP contribution is 2.00. The summed E-state index contributed by atoms with van der Waals surface area (Å²) in [7, 11) is 3.75. The van der Waals surface area contributed by atoms with Crippen LogP contribution in [0.5, 0.6) is 0 Å². The first-order valence-corrected chi connectivity index (χ1v) is 6.65. The van der Waals surface area contributed by atoms with Crippen molar-refractivity contribution in [3.63, 3.8) is 0 Å². The van der Waals surface area contributed by atoms with Crippen LogP contribution in [-0.2, 0) is 10.7 Å². The van der Waals surface area contributed by atoms with E-state index in [0.29, 0.717) is 11.5 Å². The molecule has 0 saturated heterocycles. The number of hydrogen-bond donors (Lipinski definition) is 2. The molecule has 108 valence electrons. The van der Waals surface area contributed by atoms with Gasteiger partial charge in [-0.15, -0.1) is 11.6 Å². The number of hydrogen-bond acceptors (Lipinski definition) is 2. The highest BCUT2D eigenvalue weighted by Gasteiger charge is 1.94. The predicted molar refractivity (Wildman–Crippen MR) is 82.7 cm³/mol. The third kappa shape index (κ3) is 14.6. The summed E-state index contributed by atoms with van der Waals surface area (Å²) in [5, 5.41) is 11.0. The van der Waals surface area contributed by atoms with Crippen molar-refractivity contribution < 1.29 is 9.90 Å². The summed E-state index contributed by atoms with van der Waals surface area (Å²) >= 11 is 5.53. The molecule has 0 fully saturated rings. The molecule has 4 heteroatoms. The second-order valence-corrected chi connectivity index (χ2v) is 3.99. The van der Waals surface area contributed by atoms with Crippen LogP contribution in [-0.4, -0.2) is 25.2 Å². The molecular formula is C15H24ClNO2. The van der Waals surface area contributed by atoms with Gasteiger partial charge in [-0.1, -0.05) is 43.3 Å². The van der Waals surface area contributed by atoms with Crippen molar-refractivity contribution >= 4 is 17.6 Å². The predicted octanol–water partition coefficient (Wildman–Crippen LogP) is 3.69. The second kappa shape index (κ2) is 14.7. The van der Waals surface area contributed by atoms with Gasteiger partial charge in [-0.2, -0.15) is 0 Å². The van der Waals surface area contributed by atoms with Crippen molar-refractivity contribution in [1.82, 2.24) is 5.32 Å². The van der Waals surface area contributed by atoms with Crippen LogP contribution in [0.1, 0.15) is 25.8 Å². The molecule has 1 aromatic rings. The maximum absolute atomic E-state index is 10.0. The zero-order valence-corrected chi connectivity index (χ0v) is 12.9. The Morgan fingerprint density at radius 3 is 2.00 bits per heavy atom. The Labute approximate surface area is 121 Å². The summed E-state index contributed by atoms with van der Waals surface area (Å²) in [5.41, 5.74) is 1.60. The van der Waals surface area contributed by atoms with E-state index in [4.69, 9.17) is 16.7 Å². The Morgan fingerprint density at radius 2 is 1.79 bits per heavy atom. The van der Waals surface area contributed by atoms with Gasteiger partial charge in [0.1, 0.15) is 0 Å².